The summed E-state index contributed by atoms with van der Waals surface area (Å²) in [6.07, 6.45) is 2.11. The number of benzene rings is 1. The Balaban J connectivity index is 2.01. The Morgan fingerprint density at radius 2 is 2.11 bits per heavy atom. The van der Waals surface area contributed by atoms with Gasteiger partial charge in [0.25, 0.3) is 0 Å². The van der Waals surface area contributed by atoms with Gasteiger partial charge >= 0.3 is 0 Å². The molecule has 1 saturated heterocycles. The number of carbonyl (C=O) groups is 1. The Labute approximate surface area is 109 Å². The van der Waals surface area contributed by atoms with Crippen LogP contribution in [0.1, 0.15) is 31.4 Å². The lowest BCUT2D eigenvalue weighted by Crippen LogP contribution is -2.42. The minimum absolute atomic E-state index is 0.139. The van der Waals surface area contributed by atoms with Gasteiger partial charge in [-0.1, -0.05) is 30.3 Å². The molecule has 1 aliphatic rings. The van der Waals surface area contributed by atoms with Crippen molar-refractivity contribution in [1.29, 1.82) is 0 Å². The third-order valence-corrected chi connectivity index (χ3v) is 3.86. The first kappa shape index (κ1) is 13.1. The lowest BCUT2D eigenvalue weighted by Gasteiger charge is -2.31. The number of hydrogen-bond donors (Lipinski definition) is 1. The van der Waals surface area contributed by atoms with Gasteiger partial charge in [0.1, 0.15) is 0 Å². The van der Waals surface area contributed by atoms with Crippen LogP contribution in [-0.4, -0.2) is 30.9 Å². The van der Waals surface area contributed by atoms with Crippen molar-refractivity contribution in [3.05, 3.63) is 35.9 Å². The average molecular weight is 246 g/mol. The number of carbonyl (C=O) groups excluding carboxylic acids is 1. The third-order valence-electron chi connectivity index (χ3n) is 3.86. The number of rotatable bonds is 3. The Bertz CT molecular complexity index is 385. The van der Waals surface area contributed by atoms with Crippen molar-refractivity contribution in [2.45, 2.75) is 25.8 Å². The average Bonchev–Trinajstić information content (AvgIpc) is 2.47. The molecule has 1 N–H and O–H groups in total. The number of amides is 1. The van der Waals surface area contributed by atoms with Gasteiger partial charge in [0.05, 0.1) is 12.0 Å². The Kier molecular flexibility index (Phi) is 4.37. The maximum atomic E-state index is 12.4. The molecule has 1 aromatic carbocycles. The van der Waals surface area contributed by atoms with E-state index in [1.807, 2.05) is 30.1 Å². The highest BCUT2D eigenvalue weighted by Gasteiger charge is 2.26. The summed E-state index contributed by atoms with van der Waals surface area (Å²) in [7, 11) is 1.91. The molecule has 0 aliphatic carbocycles. The highest BCUT2D eigenvalue weighted by Crippen LogP contribution is 2.22. The highest BCUT2D eigenvalue weighted by molar-refractivity contribution is 5.79. The van der Waals surface area contributed by atoms with Crippen LogP contribution in [0.25, 0.3) is 0 Å². The minimum atomic E-state index is 0.139. The van der Waals surface area contributed by atoms with Crippen molar-refractivity contribution < 1.29 is 4.79 Å². The van der Waals surface area contributed by atoms with Gasteiger partial charge in [0, 0.05) is 13.6 Å². The molecule has 2 rings (SSSR count). The minimum Gasteiger partial charge on any atom is -0.339 e. The van der Waals surface area contributed by atoms with Gasteiger partial charge in [-0.15, -0.1) is 0 Å². The summed E-state index contributed by atoms with van der Waals surface area (Å²) < 4.78 is 0. The van der Waals surface area contributed by atoms with Crippen LogP contribution in [-0.2, 0) is 4.79 Å². The topological polar surface area (TPSA) is 32.3 Å². The van der Waals surface area contributed by atoms with Gasteiger partial charge in [-0.05, 0) is 31.9 Å². The number of piperidine rings is 1. The van der Waals surface area contributed by atoms with E-state index in [1.54, 1.807) is 0 Å². The normalized spacial score (nSPS) is 21.3. The van der Waals surface area contributed by atoms with E-state index in [9.17, 15) is 4.79 Å². The number of hydrogen-bond acceptors (Lipinski definition) is 2. The van der Waals surface area contributed by atoms with Gasteiger partial charge in [0.2, 0.25) is 5.91 Å². The number of nitrogens with one attached hydrogen (secondary N) is 1. The van der Waals surface area contributed by atoms with Gasteiger partial charge in [0.15, 0.2) is 0 Å². The molecule has 1 aromatic rings. The lowest BCUT2D eigenvalue weighted by atomic mass is 9.97. The fraction of sp³-hybridized carbons (Fsp3) is 0.533. The Morgan fingerprint density at radius 1 is 1.39 bits per heavy atom. The molecule has 1 fully saturated rings. The molecule has 3 heteroatoms. The fourth-order valence-electron chi connectivity index (χ4n) is 2.50. The molecule has 3 nitrogen and oxygen atoms in total. The van der Waals surface area contributed by atoms with E-state index in [2.05, 4.69) is 24.4 Å². The van der Waals surface area contributed by atoms with E-state index < -0.39 is 0 Å². The van der Waals surface area contributed by atoms with Gasteiger partial charge in [-0.2, -0.15) is 0 Å². The molecule has 0 spiro atoms. The highest BCUT2D eigenvalue weighted by atomic mass is 16.2. The quantitative estimate of drug-likeness (QED) is 0.887. The van der Waals surface area contributed by atoms with Crippen LogP contribution in [0.2, 0.25) is 0 Å². The van der Waals surface area contributed by atoms with Crippen LogP contribution in [0, 0.1) is 5.92 Å². The molecule has 98 valence electrons. The second-order valence-electron chi connectivity index (χ2n) is 5.08. The second kappa shape index (κ2) is 6.01. The Morgan fingerprint density at radius 3 is 2.72 bits per heavy atom. The van der Waals surface area contributed by atoms with Crippen molar-refractivity contribution >= 4 is 5.91 Å². The van der Waals surface area contributed by atoms with Crippen LogP contribution in [0.4, 0.5) is 0 Å². The molecule has 0 aromatic heterocycles. The summed E-state index contributed by atoms with van der Waals surface area (Å²) in [6.45, 7) is 3.95. The smallest absolute Gasteiger partial charge is 0.227 e. The zero-order valence-electron chi connectivity index (χ0n) is 11.2. The van der Waals surface area contributed by atoms with Crippen LogP contribution in [0.5, 0.6) is 0 Å². The van der Waals surface area contributed by atoms with Crippen molar-refractivity contribution in [2.24, 2.45) is 5.92 Å². The van der Waals surface area contributed by atoms with Gasteiger partial charge in [-0.3, -0.25) is 4.79 Å². The van der Waals surface area contributed by atoms with E-state index >= 15 is 0 Å². The summed E-state index contributed by atoms with van der Waals surface area (Å²) in [5.74, 6) is 0.411. The standard InChI is InChI=1S/C15H22N2O/c1-12(13-7-4-3-5-8-13)17(2)15(18)14-9-6-10-16-11-14/h3-5,7-8,12,14,16H,6,9-11H2,1-2H3/t12?,14-/m1/s1. The zero-order valence-corrected chi connectivity index (χ0v) is 11.2. The summed E-state index contributed by atoms with van der Waals surface area (Å²) >= 11 is 0. The predicted molar refractivity (Wildman–Crippen MR) is 73.2 cm³/mol. The molecule has 1 amide bonds. The maximum absolute atomic E-state index is 12.4. The first-order valence-electron chi connectivity index (χ1n) is 6.72. The van der Waals surface area contributed by atoms with E-state index in [-0.39, 0.29) is 17.9 Å². The fourth-order valence-corrected chi connectivity index (χ4v) is 2.50. The van der Waals surface area contributed by atoms with Crippen LogP contribution in [0.3, 0.4) is 0 Å². The van der Waals surface area contributed by atoms with Crippen molar-refractivity contribution in [2.75, 3.05) is 20.1 Å². The third kappa shape index (κ3) is 2.91. The largest absolute Gasteiger partial charge is 0.339 e. The SMILES string of the molecule is CC(c1ccccc1)N(C)C(=O)[C@@H]1CCCNC1. The number of nitrogens with zero attached hydrogens (tertiary/aromatic N) is 1. The first-order valence-corrected chi connectivity index (χ1v) is 6.72. The first-order chi connectivity index (χ1) is 8.70. The molecule has 0 saturated carbocycles. The van der Waals surface area contributed by atoms with Gasteiger partial charge in [-0.25, -0.2) is 0 Å². The molecular weight excluding hydrogens is 224 g/mol. The zero-order chi connectivity index (χ0) is 13.0. The van der Waals surface area contributed by atoms with E-state index in [4.69, 9.17) is 0 Å². The lowest BCUT2D eigenvalue weighted by molar-refractivity contribution is -0.136. The molecule has 0 bridgehead atoms. The van der Waals surface area contributed by atoms with Crippen molar-refractivity contribution in [1.82, 2.24) is 10.2 Å². The molecular formula is C15H22N2O. The summed E-state index contributed by atoms with van der Waals surface area (Å²) in [6, 6.07) is 10.3. The monoisotopic (exact) mass is 246 g/mol. The Hall–Kier alpha value is -1.35. The van der Waals surface area contributed by atoms with Gasteiger partial charge < -0.3 is 10.2 Å². The molecule has 1 unspecified atom stereocenters. The molecule has 0 radical (unpaired) electrons. The van der Waals surface area contributed by atoms with Crippen LogP contribution < -0.4 is 5.32 Å². The van der Waals surface area contributed by atoms with E-state index in [0.717, 1.165) is 25.9 Å². The molecule has 1 heterocycles. The molecule has 1 aliphatic heterocycles. The van der Waals surface area contributed by atoms with E-state index in [0.29, 0.717) is 0 Å². The maximum Gasteiger partial charge on any atom is 0.227 e. The predicted octanol–water partition coefficient (Wildman–Crippen LogP) is 2.21. The van der Waals surface area contributed by atoms with Crippen molar-refractivity contribution in [3.63, 3.8) is 0 Å². The van der Waals surface area contributed by atoms with Crippen molar-refractivity contribution in [3.8, 4) is 0 Å². The van der Waals surface area contributed by atoms with E-state index in [1.165, 1.54) is 5.56 Å². The second-order valence-corrected chi connectivity index (χ2v) is 5.08. The summed E-state index contributed by atoms with van der Waals surface area (Å²) in [5, 5.41) is 3.30. The molecule has 18 heavy (non-hydrogen) atoms. The van der Waals surface area contributed by atoms with Crippen LogP contribution in [0.15, 0.2) is 30.3 Å². The summed E-state index contributed by atoms with van der Waals surface area (Å²) in [4.78, 5) is 14.3. The molecule has 2 atom stereocenters. The van der Waals surface area contributed by atoms with Crippen LogP contribution >= 0.6 is 0 Å². The summed E-state index contributed by atoms with van der Waals surface area (Å²) in [5.41, 5.74) is 1.19.